The number of hydrogen-bond acceptors (Lipinski definition) is 8. The Morgan fingerprint density at radius 1 is 1.35 bits per heavy atom. The average molecular weight is 506 g/mol. The predicted octanol–water partition coefficient (Wildman–Crippen LogP) is 3.95. The number of rotatable bonds is 13. The molecule has 11 heteroatoms. The first-order chi connectivity index (χ1) is 17.9. The lowest BCUT2D eigenvalue weighted by molar-refractivity contribution is 0.100. The van der Waals surface area contributed by atoms with Crippen LogP contribution in [0.1, 0.15) is 41.3 Å². The van der Waals surface area contributed by atoms with Gasteiger partial charge in [-0.2, -0.15) is 0 Å². The summed E-state index contributed by atoms with van der Waals surface area (Å²) in [5, 5.41) is 21.3. The number of anilines is 2. The number of methoxy groups -OCH3 is 1. The number of nitrogens with one attached hydrogen (secondary N) is 2. The SMILES string of the molecule is CCc1c(CN=[N+]=[N-])cccc1Nc1c(C(N)=O)cnc2cc(OC)c(OCC(O)CNC3CC3)cc12. The Bertz CT molecular complexity index is 1340. The van der Waals surface area contributed by atoms with Gasteiger partial charge < -0.3 is 30.9 Å². The van der Waals surface area contributed by atoms with Crippen molar-refractivity contribution in [3.8, 4) is 11.5 Å². The number of nitrogens with two attached hydrogens (primary N) is 1. The molecule has 2 aromatic carbocycles. The molecule has 4 rings (SSSR count). The molecular formula is C26H31N7O4. The van der Waals surface area contributed by atoms with Gasteiger partial charge in [-0.1, -0.05) is 24.2 Å². The highest BCUT2D eigenvalue weighted by Gasteiger charge is 2.22. The fourth-order valence-corrected chi connectivity index (χ4v) is 4.19. The highest BCUT2D eigenvalue weighted by atomic mass is 16.5. The van der Waals surface area contributed by atoms with E-state index in [9.17, 15) is 9.90 Å². The van der Waals surface area contributed by atoms with Crippen LogP contribution in [0.2, 0.25) is 0 Å². The average Bonchev–Trinajstić information content (AvgIpc) is 3.73. The molecule has 1 aliphatic carbocycles. The predicted molar refractivity (Wildman–Crippen MR) is 141 cm³/mol. The monoisotopic (exact) mass is 505 g/mol. The number of azide groups is 1. The minimum Gasteiger partial charge on any atom is -0.493 e. The number of aliphatic hydroxyl groups is 1. The van der Waals surface area contributed by atoms with Gasteiger partial charge in [0.05, 0.1) is 30.4 Å². The van der Waals surface area contributed by atoms with Gasteiger partial charge in [-0.05, 0) is 48.1 Å². The zero-order valence-electron chi connectivity index (χ0n) is 20.9. The van der Waals surface area contributed by atoms with E-state index in [0.29, 0.717) is 47.1 Å². The number of pyridine rings is 1. The number of nitrogens with zero attached hydrogens (tertiary/aromatic N) is 4. The Kier molecular flexibility index (Phi) is 8.29. The highest BCUT2D eigenvalue weighted by molar-refractivity contribution is 6.08. The summed E-state index contributed by atoms with van der Waals surface area (Å²) in [5.74, 6) is 0.213. The van der Waals surface area contributed by atoms with Gasteiger partial charge >= 0.3 is 0 Å². The van der Waals surface area contributed by atoms with Crippen molar-refractivity contribution in [2.45, 2.75) is 44.9 Å². The molecule has 5 N–H and O–H groups in total. The smallest absolute Gasteiger partial charge is 0.252 e. The Labute approximate surface area is 214 Å². The van der Waals surface area contributed by atoms with Gasteiger partial charge in [-0.15, -0.1) is 0 Å². The first-order valence-corrected chi connectivity index (χ1v) is 12.2. The highest BCUT2D eigenvalue weighted by Crippen LogP contribution is 2.38. The number of aliphatic hydroxyl groups excluding tert-OH is 1. The third-order valence-corrected chi connectivity index (χ3v) is 6.26. The third-order valence-electron chi connectivity index (χ3n) is 6.26. The van der Waals surface area contributed by atoms with E-state index >= 15 is 0 Å². The Hall–Kier alpha value is -4.05. The summed E-state index contributed by atoms with van der Waals surface area (Å²) in [6.45, 7) is 2.71. The molecule has 11 nitrogen and oxygen atoms in total. The van der Waals surface area contributed by atoms with Gasteiger partial charge in [-0.3, -0.25) is 9.78 Å². The molecule has 3 aromatic rings. The molecule has 0 spiro atoms. The van der Waals surface area contributed by atoms with Gasteiger partial charge in [0.1, 0.15) is 12.7 Å². The largest absolute Gasteiger partial charge is 0.493 e. The molecule has 1 unspecified atom stereocenters. The molecule has 1 saturated carbocycles. The summed E-state index contributed by atoms with van der Waals surface area (Å²) >= 11 is 0. The quantitative estimate of drug-likeness (QED) is 0.155. The van der Waals surface area contributed by atoms with Crippen molar-refractivity contribution >= 4 is 28.2 Å². The lowest BCUT2D eigenvalue weighted by Crippen LogP contribution is -2.32. The summed E-state index contributed by atoms with van der Waals surface area (Å²) in [7, 11) is 1.53. The van der Waals surface area contributed by atoms with Crippen LogP contribution in [-0.4, -0.2) is 48.4 Å². The number of primary amides is 1. The van der Waals surface area contributed by atoms with Gasteiger partial charge in [0.15, 0.2) is 11.5 Å². The molecule has 37 heavy (non-hydrogen) atoms. The zero-order valence-corrected chi connectivity index (χ0v) is 20.9. The van der Waals surface area contributed by atoms with Crippen molar-refractivity contribution in [2.24, 2.45) is 10.8 Å². The third kappa shape index (κ3) is 6.21. The number of carbonyl (C=O) groups is 1. The molecule has 0 bridgehead atoms. The van der Waals surface area contributed by atoms with Crippen molar-refractivity contribution in [1.82, 2.24) is 10.3 Å². The van der Waals surface area contributed by atoms with E-state index in [1.807, 2.05) is 25.1 Å². The summed E-state index contributed by atoms with van der Waals surface area (Å²) in [4.78, 5) is 19.6. The lowest BCUT2D eigenvalue weighted by atomic mass is 10.0. The first kappa shape index (κ1) is 26.0. The summed E-state index contributed by atoms with van der Waals surface area (Å²) in [5.41, 5.74) is 18.3. The van der Waals surface area contributed by atoms with E-state index in [1.165, 1.54) is 13.3 Å². The van der Waals surface area contributed by atoms with Crippen LogP contribution >= 0.6 is 0 Å². The maximum Gasteiger partial charge on any atom is 0.252 e. The normalized spacial score (nSPS) is 13.6. The van der Waals surface area contributed by atoms with Crippen molar-refractivity contribution in [2.75, 3.05) is 25.6 Å². The van der Waals surface area contributed by atoms with Crippen LogP contribution < -0.4 is 25.8 Å². The van der Waals surface area contributed by atoms with Gasteiger partial charge in [-0.25, -0.2) is 0 Å². The number of amides is 1. The van der Waals surface area contributed by atoms with Crippen LogP contribution in [0.5, 0.6) is 11.5 Å². The van der Waals surface area contributed by atoms with E-state index in [4.69, 9.17) is 20.7 Å². The van der Waals surface area contributed by atoms with Gasteiger partial charge in [0.25, 0.3) is 5.91 Å². The van der Waals surface area contributed by atoms with Gasteiger partial charge in [0, 0.05) is 40.8 Å². The minimum atomic E-state index is -0.695. The number of aromatic nitrogens is 1. The van der Waals surface area contributed by atoms with Crippen LogP contribution in [-0.2, 0) is 13.0 Å². The maximum atomic E-state index is 12.4. The number of ether oxygens (including phenoxy) is 2. The standard InChI is InChI=1S/C26H31N7O4/c1-3-18-15(11-31-33-28)5-4-6-21(18)32-25-19-9-24(37-14-17(34)12-29-16-7-8-16)23(36-2)10-22(19)30-13-20(25)26(27)35/h4-6,9-10,13,16-17,29,34H,3,7-8,11-12,14H2,1-2H3,(H2,27,35)(H,30,32). The van der Waals surface area contributed by atoms with E-state index < -0.39 is 12.0 Å². The topological polar surface area (TPSA) is 167 Å². The Balaban J connectivity index is 1.73. The van der Waals surface area contributed by atoms with E-state index in [0.717, 1.165) is 29.7 Å². The van der Waals surface area contributed by atoms with Crippen LogP contribution in [0.3, 0.4) is 0 Å². The van der Waals surface area contributed by atoms with Gasteiger partial charge in [0.2, 0.25) is 0 Å². The second kappa shape index (κ2) is 11.8. The summed E-state index contributed by atoms with van der Waals surface area (Å²) in [6, 6.07) is 9.57. The van der Waals surface area contributed by atoms with E-state index in [2.05, 4.69) is 25.6 Å². The van der Waals surface area contributed by atoms with Crippen molar-refractivity contribution in [1.29, 1.82) is 0 Å². The van der Waals surface area contributed by atoms with Crippen LogP contribution in [0.25, 0.3) is 21.3 Å². The zero-order chi connectivity index (χ0) is 26.4. The van der Waals surface area contributed by atoms with Crippen molar-refractivity contribution < 1.29 is 19.4 Å². The molecule has 0 radical (unpaired) electrons. The van der Waals surface area contributed by atoms with E-state index in [1.54, 1.807) is 12.1 Å². The molecule has 1 aliphatic rings. The molecule has 1 atom stereocenters. The lowest BCUT2D eigenvalue weighted by Gasteiger charge is -2.19. The molecule has 1 heterocycles. The molecule has 0 aliphatic heterocycles. The first-order valence-electron chi connectivity index (χ1n) is 12.2. The van der Waals surface area contributed by atoms with Crippen molar-refractivity contribution in [3.05, 3.63) is 63.7 Å². The van der Waals surface area contributed by atoms with Crippen LogP contribution in [0.4, 0.5) is 11.4 Å². The Morgan fingerprint density at radius 3 is 2.84 bits per heavy atom. The number of benzene rings is 2. The van der Waals surface area contributed by atoms with Crippen LogP contribution in [0, 0.1) is 0 Å². The second-order valence-corrected chi connectivity index (χ2v) is 8.89. The van der Waals surface area contributed by atoms with Crippen LogP contribution in [0.15, 0.2) is 41.6 Å². The summed E-state index contributed by atoms with van der Waals surface area (Å²) in [6.07, 6.45) is 3.66. The molecule has 1 fully saturated rings. The molecular weight excluding hydrogens is 474 g/mol. The molecule has 1 amide bonds. The molecule has 0 saturated heterocycles. The molecule has 1 aromatic heterocycles. The molecule has 194 valence electrons. The second-order valence-electron chi connectivity index (χ2n) is 8.89. The fourth-order valence-electron chi connectivity index (χ4n) is 4.19. The maximum absolute atomic E-state index is 12.4. The number of fused-ring (bicyclic) bond motifs is 1. The number of hydrogen-bond donors (Lipinski definition) is 4. The van der Waals surface area contributed by atoms with Crippen molar-refractivity contribution in [3.63, 3.8) is 0 Å². The Morgan fingerprint density at radius 2 is 2.16 bits per heavy atom. The van der Waals surface area contributed by atoms with E-state index in [-0.39, 0.29) is 18.7 Å². The minimum absolute atomic E-state index is 0.0642. The fraction of sp³-hybridized carbons (Fsp3) is 0.385. The number of carbonyl (C=O) groups excluding carboxylic acids is 1. The summed E-state index contributed by atoms with van der Waals surface area (Å²) < 4.78 is 11.4.